The van der Waals surface area contributed by atoms with Gasteiger partial charge in [0.05, 0.1) is 11.7 Å². The fourth-order valence-corrected chi connectivity index (χ4v) is 7.08. The molecule has 0 radical (unpaired) electrons. The lowest BCUT2D eigenvalue weighted by Crippen LogP contribution is -2.50. The van der Waals surface area contributed by atoms with Crippen LogP contribution in [0.15, 0.2) is 60.7 Å². The van der Waals surface area contributed by atoms with Gasteiger partial charge in [-0.2, -0.15) is 5.21 Å². The van der Waals surface area contributed by atoms with Crippen LogP contribution in [0.5, 0.6) is 0 Å². The quantitative estimate of drug-likeness (QED) is 0.161. The molecule has 3 amide bonds. The van der Waals surface area contributed by atoms with E-state index in [1.807, 2.05) is 37.3 Å². The van der Waals surface area contributed by atoms with Crippen molar-refractivity contribution in [3.63, 3.8) is 0 Å². The van der Waals surface area contributed by atoms with E-state index in [2.05, 4.69) is 43.2 Å². The van der Waals surface area contributed by atoms with Crippen LogP contribution in [-0.4, -0.2) is 74.5 Å². The molecule has 14 heteroatoms. The van der Waals surface area contributed by atoms with Crippen molar-refractivity contribution in [1.82, 2.24) is 36.2 Å². The normalized spacial score (nSPS) is 20.9. The molecule has 270 valence electrons. The van der Waals surface area contributed by atoms with Crippen LogP contribution < -0.4 is 27.0 Å². The molecular weight excluding hydrogens is 668 g/mol. The van der Waals surface area contributed by atoms with Crippen LogP contribution in [-0.2, 0) is 16.0 Å². The Morgan fingerprint density at radius 2 is 1.67 bits per heavy atom. The van der Waals surface area contributed by atoms with Gasteiger partial charge in [-0.1, -0.05) is 30.3 Å². The average Bonchev–Trinajstić information content (AvgIpc) is 3.68. The van der Waals surface area contributed by atoms with Gasteiger partial charge in [0, 0.05) is 34.8 Å². The third-order valence-corrected chi connectivity index (χ3v) is 10.0. The van der Waals surface area contributed by atoms with Crippen molar-refractivity contribution in [3.8, 4) is 22.5 Å². The number of aromatic nitrogens is 5. The first-order chi connectivity index (χ1) is 24.2. The maximum Gasteiger partial charge on any atom is 0.270 e. The van der Waals surface area contributed by atoms with Gasteiger partial charge in [-0.3, -0.25) is 14.4 Å². The maximum absolute atomic E-state index is 14.0. The number of tetrazole rings is 1. The highest BCUT2D eigenvalue weighted by atomic mass is 35.5. The van der Waals surface area contributed by atoms with Crippen LogP contribution in [0.1, 0.15) is 67.2 Å². The maximum atomic E-state index is 14.0. The summed E-state index contributed by atoms with van der Waals surface area (Å²) >= 11 is 0. The lowest BCUT2D eigenvalue weighted by Gasteiger charge is -2.32. The summed E-state index contributed by atoms with van der Waals surface area (Å²) in [5.41, 5.74) is 17.4. The number of hydrogen-bond acceptors (Lipinski definition) is 10. The fraction of sp³-hybridized carbons (Fsp3) is 0.432. The predicted molar refractivity (Wildman–Crippen MR) is 198 cm³/mol. The van der Waals surface area contributed by atoms with Crippen LogP contribution in [0, 0.1) is 18.8 Å². The Hall–Kier alpha value is -4.56. The number of aryl methyl sites for hydroxylation is 1. The van der Waals surface area contributed by atoms with Crippen LogP contribution in [0.2, 0.25) is 0 Å². The molecule has 1 aliphatic heterocycles. The second-order valence-corrected chi connectivity index (χ2v) is 13.6. The van der Waals surface area contributed by atoms with E-state index >= 15 is 0 Å². The molecule has 6 rings (SSSR count). The van der Waals surface area contributed by atoms with E-state index in [1.54, 1.807) is 30.3 Å². The van der Waals surface area contributed by atoms with Gasteiger partial charge >= 0.3 is 0 Å². The van der Waals surface area contributed by atoms with Crippen LogP contribution in [0.3, 0.4) is 0 Å². The molecule has 2 aliphatic rings. The Morgan fingerprint density at radius 1 is 0.961 bits per heavy atom. The Morgan fingerprint density at radius 3 is 2.29 bits per heavy atom. The number of carbonyl (C=O) groups excluding carboxylic acids is 3. The molecule has 2 aromatic heterocycles. The van der Waals surface area contributed by atoms with E-state index in [9.17, 15) is 14.4 Å². The second kappa shape index (κ2) is 17.1. The van der Waals surface area contributed by atoms with E-state index in [4.69, 9.17) is 11.5 Å². The molecule has 4 aromatic rings. The standard InChI is InChI=1S/C37H46N10O3.ClH/c1-22-19-29(17-18-40-22)42-35(48)33-16-15-31(23(2)41-33)26-7-3-24(4-8-26)20-32(39)37(50)47(36(49)28-9-5-25(21-38)6-10-28)30-13-11-27(12-14-30)34-43-45-46-44-34;/h3-4,7-8,11-16,22,25,28-29,32,40H,5-6,9-10,17-21,38-39H2,1-2H3,(H,42,48)(H,43,44,45,46);1H/t22-,25?,28?,29-,32+;/m1./s1. The zero-order valence-corrected chi connectivity index (χ0v) is 29.9. The number of H-pyrrole nitrogens is 1. The highest BCUT2D eigenvalue weighted by Gasteiger charge is 2.35. The molecule has 3 atom stereocenters. The molecule has 51 heavy (non-hydrogen) atoms. The Kier molecular flexibility index (Phi) is 12.6. The molecule has 1 saturated heterocycles. The number of aromatic amines is 1. The summed E-state index contributed by atoms with van der Waals surface area (Å²) in [7, 11) is 0. The third kappa shape index (κ3) is 9.03. The number of imide groups is 1. The van der Waals surface area contributed by atoms with Crippen LogP contribution in [0.4, 0.5) is 5.69 Å². The monoisotopic (exact) mass is 714 g/mol. The zero-order chi connectivity index (χ0) is 35.2. The van der Waals surface area contributed by atoms with E-state index in [0.717, 1.165) is 54.6 Å². The van der Waals surface area contributed by atoms with Crippen molar-refractivity contribution < 1.29 is 14.4 Å². The molecule has 1 aliphatic carbocycles. The lowest BCUT2D eigenvalue weighted by atomic mass is 9.81. The van der Waals surface area contributed by atoms with Crippen molar-refractivity contribution in [1.29, 1.82) is 0 Å². The summed E-state index contributed by atoms with van der Waals surface area (Å²) in [5.74, 6) is -0.336. The van der Waals surface area contributed by atoms with Gasteiger partial charge in [0.2, 0.25) is 11.7 Å². The Bertz CT molecular complexity index is 1780. The van der Waals surface area contributed by atoms with E-state index in [0.29, 0.717) is 54.1 Å². The molecule has 1 saturated carbocycles. The topological polar surface area (TPSA) is 198 Å². The summed E-state index contributed by atoms with van der Waals surface area (Å²) in [6.45, 7) is 5.50. The van der Waals surface area contributed by atoms with E-state index < -0.39 is 11.9 Å². The molecular formula is C37H47ClN10O3. The minimum absolute atomic E-state index is 0. The lowest BCUT2D eigenvalue weighted by molar-refractivity contribution is -0.130. The first-order valence-electron chi connectivity index (χ1n) is 17.5. The predicted octanol–water partition coefficient (Wildman–Crippen LogP) is 3.72. The molecule has 0 spiro atoms. The van der Waals surface area contributed by atoms with Gasteiger partial charge in [-0.15, -0.1) is 22.6 Å². The molecule has 2 fully saturated rings. The van der Waals surface area contributed by atoms with Crippen molar-refractivity contribution in [3.05, 3.63) is 77.6 Å². The average molecular weight is 715 g/mol. The van der Waals surface area contributed by atoms with E-state index in [-0.39, 0.29) is 42.6 Å². The number of benzene rings is 2. The van der Waals surface area contributed by atoms with Crippen LogP contribution in [0.25, 0.3) is 22.5 Å². The number of halogens is 1. The van der Waals surface area contributed by atoms with Crippen molar-refractivity contribution in [2.24, 2.45) is 23.3 Å². The molecule has 2 aromatic carbocycles. The van der Waals surface area contributed by atoms with Gasteiger partial charge in [-0.25, -0.2) is 9.88 Å². The number of rotatable bonds is 10. The highest BCUT2D eigenvalue weighted by Crippen LogP contribution is 2.32. The largest absolute Gasteiger partial charge is 0.348 e. The van der Waals surface area contributed by atoms with Crippen molar-refractivity contribution >= 4 is 35.8 Å². The number of nitrogens with two attached hydrogens (primary N) is 2. The number of pyridine rings is 1. The summed E-state index contributed by atoms with van der Waals surface area (Å²) in [6, 6.07) is 18.0. The first-order valence-corrected chi connectivity index (χ1v) is 17.5. The summed E-state index contributed by atoms with van der Waals surface area (Å²) in [5, 5.41) is 20.6. The summed E-state index contributed by atoms with van der Waals surface area (Å²) < 4.78 is 0. The fourth-order valence-electron chi connectivity index (χ4n) is 7.08. The number of hydrogen-bond donors (Lipinski definition) is 5. The van der Waals surface area contributed by atoms with Gasteiger partial charge in [0.1, 0.15) is 5.69 Å². The minimum Gasteiger partial charge on any atom is -0.348 e. The third-order valence-electron chi connectivity index (χ3n) is 10.0. The first kappa shape index (κ1) is 37.7. The number of carbonyl (C=O) groups is 3. The smallest absolute Gasteiger partial charge is 0.270 e. The number of piperidine rings is 1. The molecule has 13 nitrogen and oxygen atoms in total. The Labute approximate surface area is 304 Å². The Balaban J connectivity index is 0.00000504. The number of amides is 3. The van der Waals surface area contributed by atoms with Gasteiger partial charge in [0.25, 0.3) is 11.8 Å². The second-order valence-electron chi connectivity index (χ2n) is 13.6. The number of anilines is 1. The van der Waals surface area contributed by atoms with Crippen molar-refractivity contribution in [2.75, 3.05) is 18.0 Å². The van der Waals surface area contributed by atoms with Gasteiger partial charge in [0.15, 0.2) is 0 Å². The minimum atomic E-state index is -0.953. The summed E-state index contributed by atoms with van der Waals surface area (Å²) in [4.78, 5) is 46.7. The highest BCUT2D eigenvalue weighted by molar-refractivity contribution is 6.17. The molecule has 0 bridgehead atoms. The van der Waals surface area contributed by atoms with Crippen molar-refractivity contribution in [2.45, 2.75) is 76.9 Å². The van der Waals surface area contributed by atoms with Crippen LogP contribution >= 0.6 is 12.4 Å². The van der Waals surface area contributed by atoms with Gasteiger partial charge in [-0.05, 0) is 124 Å². The summed E-state index contributed by atoms with van der Waals surface area (Å²) in [6.07, 6.45) is 5.10. The molecule has 7 N–H and O–H groups in total. The number of nitrogens with one attached hydrogen (secondary N) is 3. The molecule has 3 heterocycles. The molecule has 0 unspecified atom stereocenters. The zero-order valence-electron chi connectivity index (χ0n) is 29.0. The van der Waals surface area contributed by atoms with E-state index in [1.165, 1.54) is 4.90 Å². The SMILES string of the molecule is Cc1nc(C(=O)N[C@@H]2CCN[C@H](C)C2)ccc1-c1ccc(C[C@H](N)C(=O)N(C(=O)C2CCC(CN)CC2)c2ccc(-c3nn[nH]n3)cc2)cc1.Cl. The van der Waals surface area contributed by atoms with Gasteiger partial charge < -0.3 is 22.1 Å². The number of nitrogens with zero attached hydrogens (tertiary/aromatic N) is 5.